The highest BCUT2D eigenvalue weighted by Crippen LogP contribution is 2.22. The third-order valence-corrected chi connectivity index (χ3v) is 6.54. The molecule has 8 nitrogen and oxygen atoms in total. The molecule has 0 radical (unpaired) electrons. The number of nitrogens with zero attached hydrogens (tertiary/aromatic N) is 3. The zero-order chi connectivity index (χ0) is 26.5. The molecular formula is C29H31N5O3. The van der Waals surface area contributed by atoms with Crippen molar-refractivity contribution >= 4 is 23.2 Å². The number of nitrogens with one attached hydrogen (secondary N) is 2. The Hall–Kier alpha value is -4.43. The third-order valence-electron chi connectivity index (χ3n) is 6.54. The van der Waals surface area contributed by atoms with Crippen LogP contribution in [0.3, 0.4) is 0 Å². The summed E-state index contributed by atoms with van der Waals surface area (Å²) in [5, 5.41) is 5.73. The number of carbonyl (C=O) groups excluding carboxylic acids is 2. The van der Waals surface area contributed by atoms with Crippen LogP contribution in [0.5, 0.6) is 0 Å². The molecule has 1 atom stereocenters. The second kappa shape index (κ2) is 11.1. The molecule has 2 N–H and O–H groups in total. The summed E-state index contributed by atoms with van der Waals surface area (Å²) >= 11 is 0. The Morgan fingerprint density at radius 1 is 0.919 bits per heavy atom. The third kappa shape index (κ3) is 5.70. The minimum atomic E-state index is -0.283. The zero-order valence-electron chi connectivity index (χ0n) is 21.4. The lowest BCUT2D eigenvalue weighted by molar-refractivity contribution is -0.117. The van der Waals surface area contributed by atoms with E-state index in [1.807, 2.05) is 91.7 Å². The van der Waals surface area contributed by atoms with Crippen LogP contribution in [0.1, 0.15) is 34.6 Å². The Kier molecular flexibility index (Phi) is 7.69. The standard InChI is InChI=1S/C29H31N5O3/c1-20(23-14-11-15-24(18-23)30-28(36)22-12-7-5-8-13-22)32(3)19-26(35)31-27-21(2)33(4)34(29(27)37)25-16-9-6-10-17-25/h5-18,20H,19H2,1-4H3,(H,30,36)(H,31,35)/t20-/m1/s1. The van der Waals surface area contributed by atoms with Crippen LogP contribution in [-0.2, 0) is 11.8 Å². The molecule has 4 aromatic rings. The number of para-hydroxylation sites is 1. The molecule has 0 spiro atoms. The molecule has 3 aromatic carbocycles. The van der Waals surface area contributed by atoms with Crippen LogP contribution < -0.4 is 16.2 Å². The van der Waals surface area contributed by atoms with Crippen LogP contribution in [0.4, 0.5) is 11.4 Å². The number of hydrogen-bond donors (Lipinski definition) is 2. The highest BCUT2D eigenvalue weighted by atomic mass is 16.2. The van der Waals surface area contributed by atoms with Crippen molar-refractivity contribution < 1.29 is 9.59 Å². The number of rotatable bonds is 8. The lowest BCUT2D eigenvalue weighted by Gasteiger charge is -2.25. The van der Waals surface area contributed by atoms with E-state index in [-0.39, 0.29) is 35.6 Å². The normalized spacial score (nSPS) is 11.8. The number of anilines is 2. The molecule has 1 heterocycles. The predicted molar refractivity (Wildman–Crippen MR) is 146 cm³/mol. The smallest absolute Gasteiger partial charge is 0.295 e. The second-order valence-electron chi connectivity index (χ2n) is 9.02. The molecule has 2 amide bonds. The molecule has 0 saturated carbocycles. The summed E-state index contributed by atoms with van der Waals surface area (Å²) in [7, 11) is 3.64. The molecule has 0 saturated heterocycles. The van der Waals surface area contributed by atoms with Gasteiger partial charge in [-0.05, 0) is 62.9 Å². The van der Waals surface area contributed by atoms with E-state index in [2.05, 4.69) is 10.6 Å². The highest BCUT2D eigenvalue weighted by Gasteiger charge is 2.20. The molecule has 0 unspecified atom stereocenters. The van der Waals surface area contributed by atoms with Crippen molar-refractivity contribution in [2.75, 3.05) is 24.2 Å². The molecule has 8 heteroatoms. The van der Waals surface area contributed by atoms with Crippen LogP contribution in [-0.4, -0.2) is 39.7 Å². The predicted octanol–water partition coefficient (Wildman–Crippen LogP) is 4.37. The Morgan fingerprint density at radius 3 is 2.24 bits per heavy atom. The van der Waals surface area contributed by atoms with E-state index in [1.165, 1.54) is 4.68 Å². The van der Waals surface area contributed by atoms with Crippen LogP contribution in [0.2, 0.25) is 0 Å². The van der Waals surface area contributed by atoms with Crippen molar-refractivity contribution in [1.29, 1.82) is 0 Å². The molecule has 1 aromatic heterocycles. The number of carbonyl (C=O) groups is 2. The molecule has 190 valence electrons. The summed E-state index contributed by atoms with van der Waals surface area (Å²) in [5.74, 6) is -0.466. The van der Waals surface area contributed by atoms with Gasteiger partial charge in [0.25, 0.3) is 11.5 Å². The molecule has 0 fully saturated rings. The van der Waals surface area contributed by atoms with Gasteiger partial charge in [0.2, 0.25) is 5.91 Å². The van der Waals surface area contributed by atoms with E-state index in [0.717, 1.165) is 11.3 Å². The van der Waals surface area contributed by atoms with Crippen molar-refractivity contribution in [3.8, 4) is 5.69 Å². The van der Waals surface area contributed by atoms with Crippen LogP contribution in [0.25, 0.3) is 5.69 Å². The fraction of sp³-hybridized carbons (Fsp3) is 0.207. The number of hydrogen-bond acceptors (Lipinski definition) is 4. The van der Waals surface area contributed by atoms with Crippen LogP contribution >= 0.6 is 0 Å². The van der Waals surface area contributed by atoms with Gasteiger partial charge in [-0.15, -0.1) is 0 Å². The van der Waals surface area contributed by atoms with E-state index < -0.39 is 0 Å². The average molecular weight is 498 g/mol. The summed E-state index contributed by atoms with van der Waals surface area (Å²) in [6, 6.07) is 25.8. The van der Waals surface area contributed by atoms with E-state index in [9.17, 15) is 14.4 Å². The van der Waals surface area contributed by atoms with Gasteiger partial charge in [-0.2, -0.15) is 0 Å². The maximum absolute atomic E-state index is 13.1. The lowest BCUT2D eigenvalue weighted by Crippen LogP contribution is -2.33. The highest BCUT2D eigenvalue weighted by molar-refractivity contribution is 6.04. The molecular weight excluding hydrogens is 466 g/mol. The molecule has 0 aliphatic rings. The minimum Gasteiger partial charge on any atom is -0.322 e. The number of aromatic nitrogens is 2. The van der Waals surface area contributed by atoms with E-state index in [1.54, 1.807) is 30.8 Å². The first-order chi connectivity index (χ1) is 17.8. The number of likely N-dealkylation sites (N-methyl/N-ethyl adjacent to an activating group) is 1. The monoisotopic (exact) mass is 497 g/mol. The SMILES string of the molecule is Cc1c(NC(=O)CN(C)[C@H](C)c2cccc(NC(=O)c3ccccc3)c2)c(=O)n(-c2ccccc2)n1C. The second-order valence-corrected chi connectivity index (χ2v) is 9.02. The fourth-order valence-electron chi connectivity index (χ4n) is 4.18. The van der Waals surface area contributed by atoms with Gasteiger partial charge in [0, 0.05) is 24.3 Å². The van der Waals surface area contributed by atoms with Crippen molar-refractivity contribution in [3.05, 3.63) is 112 Å². The largest absolute Gasteiger partial charge is 0.322 e. The average Bonchev–Trinajstić information content (AvgIpc) is 3.12. The Labute approximate surface area is 216 Å². The van der Waals surface area contributed by atoms with E-state index in [0.29, 0.717) is 16.9 Å². The molecule has 37 heavy (non-hydrogen) atoms. The molecule has 0 aliphatic carbocycles. The molecule has 0 bridgehead atoms. The van der Waals surface area contributed by atoms with E-state index in [4.69, 9.17) is 0 Å². The summed E-state index contributed by atoms with van der Waals surface area (Å²) in [6.07, 6.45) is 0. The van der Waals surface area contributed by atoms with Gasteiger partial charge in [-0.25, -0.2) is 4.68 Å². The van der Waals surface area contributed by atoms with Crippen molar-refractivity contribution in [3.63, 3.8) is 0 Å². The van der Waals surface area contributed by atoms with Gasteiger partial charge >= 0.3 is 0 Å². The van der Waals surface area contributed by atoms with Crippen molar-refractivity contribution in [1.82, 2.24) is 14.3 Å². The van der Waals surface area contributed by atoms with Crippen molar-refractivity contribution in [2.45, 2.75) is 19.9 Å². The summed E-state index contributed by atoms with van der Waals surface area (Å²) in [6.45, 7) is 3.88. The number of benzene rings is 3. The zero-order valence-corrected chi connectivity index (χ0v) is 21.4. The topological polar surface area (TPSA) is 88.4 Å². The minimum absolute atomic E-state index is 0.0842. The summed E-state index contributed by atoms with van der Waals surface area (Å²) in [4.78, 5) is 40.4. The molecule has 0 aliphatic heterocycles. The van der Waals surface area contributed by atoms with Crippen LogP contribution in [0, 0.1) is 6.92 Å². The summed E-state index contributed by atoms with van der Waals surface area (Å²) in [5.41, 5.74) is 3.58. The van der Waals surface area contributed by atoms with Crippen molar-refractivity contribution in [2.24, 2.45) is 7.05 Å². The maximum atomic E-state index is 13.1. The van der Waals surface area contributed by atoms with Gasteiger partial charge in [-0.3, -0.25) is 24.0 Å². The quantitative estimate of drug-likeness (QED) is 0.378. The first-order valence-electron chi connectivity index (χ1n) is 12.1. The van der Waals surface area contributed by atoms with Crippen LogP contribution in [0.15, 0.2) is 89.7 Å². The van der Waals surface area contributed by atoms with Gasteiger partial charge in [-0.1, -0.05) is 48.5 Å². The molecule has 4 rings (SSSR count). The first-order valence-corrected chi connectivity index (χ1v) is 12.1. The number of amides is 2. The van der Waals surface area contributed by atoms with Gasteiger partial charge in [0.1, 0.15) is 5.69 Å². The first kappa shape index (κ1) is 25.7. The lowest BCUT2D eigenvalue weighted by atomic mass is 10.1. The van der Waals surface area contributed by atoms with Gasteiger partial charge in [0.05, 0.1) is 17.9 Å². The van der Waals surface area contributed by atoms with E-state index >= 15 is 0 Å². The van der Waals surface area contributed by atoms with Gasteiger partial charge < -0.3 is 10.6 Å². The Morgan fingerprint density at radius 2 is 1.57 bits per heavy atom. The Bertz CT molecular complexity index is 1460. The summed E-state index contributed by atoms with van der Waals surface area (Å²) < 4.78 is 3.27. The fourth-order valence-corrected chi connectivity index (χ4v) is 4.18. The maximum Gasteiger partial charge on any atom is 0.295 e. The Balaban J connectivity index is 1.43. The van der Waals surface area contributed by atoms with Gasteiger partial charge in [0.15, 0.2) is 0 Å².